The molecule has 1 amide bonds. The molecule has 1 fully saturated rings. The van der Waals surface area contributed by atoms with Gasteiger partial charge in [0, 0.05) is 19.1 Å². The van der Waals surface area contributed by atoms with Gasteiger partial charge in [0.05, 0.1) is 10.8 Å². The van der Waals surface area contributed by atoms with Gasteiger partial charge in [-0.3, -0.25) is 4.79 Å². The molecular formula is C18H27FN2O3S. The van der Waals surface area contributed by atoms with Crippen LogP contribution < -0.4 is 5.32 Å². The zero-order valence-corrected chi connectivity index (χ0v) is 15.9. The van der Waals surface area contributed by atoms with Crippen LogP contribution in [0.25, 0.3) is 0 Å². The van der Waals surface area contributed by atoms with Crippen molar-refractivity contribution in [2.75, 3.05) is 13.1 Å². The van der Waals surface area contributed by atoms with Crippen molar-refractivity contribution in [3.63, 3.8) is 0 Å². The predicted molar refractivity (Wildman–Crippen MR) is 95.1 cm³/mol. The van der Waals surface area contributed by atoms with Crippen molar-refractivity contribution < 1.29 is 17.6 Å². The molecule has 1 aromatic carbocycles. The number of nitrogens with one attached hydrogen (secondary N) is 1. The number of hydrogen-bond acceptors (Lipinski definition) is 3. The van der Waals surface area contributed by atoms with E-state index in [2.05, 4.69) is 5.32 Å². The average Bonchev–Trinajstić information content (AvgIpc) is 2.57. The molecule has 0 bridgehead atoms. The van der Waals surface area contributed by atoms with Crippen molar-refractivity contribution in [3.8, 4) is 0 Å². The number of sulfonamides is 1. The summed E-state index contributed by atoms with van der Waals surface area (Å²) in [6.45, 7) is 6.21. The van der Waals surface area contributed by atoms with Crippen LogP contribution in [0.2, 0.25) is 0 Å². The monoisotopic (exact) mass is 370 g/mol. The van der Waals surface area contributed by atoms with Crippen molar-refractivity contribution in [1.82, 2.24) is 9.62 Å². The molecule has 1 aromatic rings. The highest BCUT2D eigenvalue weighted by atomic mass is 32.2. The number of rotatable bonds is 6. The molecule has 0 aliphatic carbocycles. The zero-order chi connectivity index (χ0) is 18.6. The highest BCUT2D eigenvalue weighted by molar-refractivity contribution is 7.89. The van der Waals surface area contributed by atoms with E-state index in [4.69, 9.17) is 0 Å². The van der Waals surface area contributed by atoms with E-state index >= 15 is 0 Å². The van der Waals surface area contributed by atoms with Crippen LogP contribution in [0.4, 0.5) is 4.39 Å². The van der Waals surface area contributed by atoms with Crippen LogP contribution in [0.5, 0.6) is 0 Å². The Kier molecular flexibility index (Phi) is 6.57. The average molecular weight is 370 g/mol. The fourth-order valence-corrected chi connectivity index (χ4v) is 4.74. The number of unbranched alkanes of at least 4 members (excludes halogenated alkanes) is 1. The van der Waals surface area contributed by atoms with Gasteiger partial charge in [0.15, 0.2) is 0 Å². The Labute approximate surface area is 149 Å². The first kappa shape index (κ1) is 19.8. The number of aryl methyl sites for hydroxylation is 1. The number of amides is 1. The SMILES string of the molecule is CCCCNC(=O)C1CCC(C)N(S(=O)(=O)c2ccc(C)c(F)c2)C1. The fourth-order valence-electron chi connectivity index (χ4n) is 3.03. The van der Waals surface area contributed by atoms with Gasteiger partial charge < -0.3 is 5.32 Å². The topological polar surface area (TPSA) is 66.5 Å². The molecule has 2 unspecified atom stereocenters. The predicted octanol–water partition coefficient (Wildman–Crippen LogP) is 2.84. The van der Waals surface area contributed by atoms with Crippen LogP contribution in [-0.2, 0) is 14.8 Å². The summed E-state index contributed by atoms with van der Waals surface area (Å²) < 4.78 is 41.0. The molecule has 2 rings (SSSR count). The Morgan fingerprint density at radius 3 is 2.72 bits per heavy atom. The molecular weight excluding hydrogens is 343 g/mol. The van der Waals surface area contributed by atoms with Crippen molar-refractivity contribution in [1.29, 1.82) is 0 Å². The number of piperidine rings is 1. The first-order chi connectivity index (χ1) is 11.8. The third-order valence-electron chi connectivity index (χ3n) is 4.78. The standard InChI is InChI=1S/C18H27FN2O3S/c1-4-5-10-20-18(22)15-8-7-14(3)21(12-15)25(23,24)16-9-6-13(2)17(19)11-16/h6,9,11,14-15H,4-5,7-8,10,12H2,1-3H3,(H,20,22). The van der Waals surface area contributed by atoms with Gasteiger partial charge in [-0.15, -0.1) is 0 Å². The smallest absolute Gasteiger partial charge is 0.243 e. The van der Waals surface area contributed by atoms with Crippen molar-refractivity contribution >= 4 is 15.9 Å². The van der Waals surface area contributed by atoms with Gasteiger partial charge in [0.1, 0.15) is 5.82 Å². The molecule has 2 atom stereocenters. The second-order valence-corrected chi connectivity index (χ2v) is 8.64. The molecule has 0 aromatic heterocycles. The van der Waals surface area contributed by atoms with Gasteiger partial charge in [-0.05, 0) is 50.8 Å². The van der Waals surface area contributed by atoms with E-state index in [0.717, 1.165) is 18.9 Å². The first-order valence-corrected chi connectivity index (χ1v) is 10.3. The Hall–Kier alpha value is -1.47. The highest BCUT2D eigenvalue weighted by Crippen LogP contribution is 2.29. The summed E-state index contributed by atoms with van der Waals surface area (Å²) in [4.78, 5) is 12.2. The number of carbonyl (C=O) groups excluding carboxylic acids is 1. The van der Waals surface area contributed by atoms with Crippen LogP contribution in [0.1, 0.15) is 45.1 Å². The largest absolute Gasteiger partial charge is 0.356 e. The Morgan fingerprint density at radius 2 is 2.08 bits per heavy atom. The summed E-state index contributed by atoms with van der Waals surface area (Å²) >= 11 is 0. The summed E-state index contributed by atoms with van der Waals surface area (Å²) in [6, 6.07) is 3.73. The van der Waals surface area contributed by atoms with Crippen molar-refractivity contribution in [3.05, 3.63) is 29.6 Å². The van der Waals surface area contributed by atoms with Crippen molar-refractivity contribution in [2.45, 2.75) is 57.4 Å². The number of nitrogens with zero attached hydrogens (tertiary/aromatic N) is 1. The lowest BCUT2D eigenvalue weighted by Gasteiger charge is -2.36. The lowest BCUT2D eigenvalue weighted by Crippen LogP contribution is -2.49. The molecule has 0 radical (unpaired) electrons. The Balaban J connectivity index is 2.17. The third-order valence-corrected chi connectivity index (χ3v) is 6.75. The molecule has 1 aliphatic rings. The molecule has 0 spiro atoms. The first-order valence-electron chi connectivity index (χ1n) is 8.83. The highest BCUT2D eigenvalue weighted by Gasteiger charge is 2.37. The quantitative estimate of drug-likeness (QED) is 0.783. The van der Waals surface area contributed by atoms with Gasteiger partial charge in [-0.1, -0.05) is 19.4 Å². The van der Waals surface area contributed by atoms with Crippen LogP contribution in [0, 0.1) is 18.7 Å². The number of benzene rings is 1. The molecule has 1 aliphatic heterocycles. The minimum atomic E-state index is -3.83. The molecule has 1 heterocycles. The van der Waals surface area contributed by atoms with Crippen LogP contribution >= 0.6 is 0 Å². The summed E-state index contributed by atoms with van der Waals surface area (Å²) in [6.07, 6.45) is 3.16. The second-order valence-electron chi connectivity index (χ2n) is 6.75. The minimum Gasteiger partial charge on any atom is -0.356 e. The van der Waals surface area contributed by atoms with Crippen LogP contribution in [-0.4, -0.2) is 37.8 Å². The molecule has 0 saturated carbocycles. The lowest BCUT2D eigenvalue weighted by molar-refractivity contribution is -0.126. The summed E-state index contributed by atoms with van der Waals surface area (Å²) in [5, 5.41) is 2.88. The Bertz CT molecular complexity index is 721. The minimum absolute atomic E-state index is 0.0607. The number of halogens is 1. The second kappa shape index (κ2) is 8.27. The normalized spacial score (nSPS) is 21.9. The molecule has 5 nitrogen and oxygen atoms in total. The number of carbonyl (C=O) groups is 1. The molecule has 140 valence electrons. The summed E-state index contributed by atoms with van der Waals surface area (Å²) in [5.41, 5.74) is 0.402. The van der Waals surface area contributed by atoms with E-state index < -0.39 is 15.8 Å². The van der Waals surface area contributed by atoms with Gasteiger partial charge >= 0.3 is 0 Å². The van der Waals surface area contributed by atoms with Gasteiger partial charge in [0.2, 0.25) is 15.9 Å². The van der Waals surface area contributed by atoms with Crippen molar-refractivity contribution in [2.24, 2.45) is 5.92 Å². The van der Waals surface area contributed by atoms with Gasteiger partial charge in [-0.2, -0.15) is 4.31 Å². The van der Waals surface area contributed by atoms with E-state index in [-0.39, 0.29) is 29.3 Å². The van der Waals surface area contributed by atoms with E-state index in [9.17, 15) is 17.6 Å². The van der Waals surface area contributed by atoms with Crippen LogP contribution in [0.15, 0.2) is 23.1 Å². The fraction of sp³-hybridized carbons (Fsp3) is 0.611. The summed E-state index contributed by atoms with van der Waals surface area (Å²) in [7, 11) is -3.83. The number of hydrogen-bond donors (Lipinski definition) is 1. The maximum atomic E-state index is 13.8. The summed E-state index contributed by atoms with van der Waals surface area (Å²) in [5.74, 6) is -1.01. The molecule has 1 saturated heterocycles. The maximum absolute atomic E-state index is 13.8. The van der Waals surface area contributed by atoms with Crippen LogP contribution in [0.3, 0.4) is 0 Å². The zero-order valence-electron chi connectivity index (χ0n) is 15.1. The van der Waals surface area contributed by atoms with E-state index in [1.807, 2.05) is 13.8 Å². The maximum Gasteiger partial charge on any atom is 0.243 e. The van der Waals surface area contributed by atoms with E-state index in [1.54, 1.807) is 6.92 Å². The molecule has 25 heavy (non-hydrogen) atoms. The Morgan fingerprint density at radius 1 is 1.36 bits per heavy atom. The molecule has 1 N–H and O–H groups in total. The third kappa shape index (κ3) is 4.58. The van der Waals surface area contributed by atoms with Gasteiger partial charge in [-0.25, -0.2) is 12.8 Å². The van der Waals surface area contributed by atoms with Gasteiger partial charge in [0.25, 0.3) is 0 Å². The lowest BCUT2D eigenvalue weighted by atomic mass is 9.94. The van der Waals surface area contributed by atoms with E-state index in [0.29, 0.717) is 24.9 Å². The molecule has 7 heteroatoms. The van der Waals surface area contributed by atoms with E-state index in [1.165, 1.54) is 16.4 Å².